The molecule has 2 aromatic carbocycles. The van der Waals surface area contributed by atoms with Crippen LogP contribution in [0.3, 0.4) is 0 Å². The Morgan fingerprint density at radius 1 is 1.10 bits per heavy atom. The van der Waals surface area contributed by atoms with Crippen molar-refractivity contribution >= 4 is 33.4 Å². The number of carbonyl (C=O) groups excluding carboxylic acids is 2. The summed E-state index contributed by atoms with van der Waals surface area (Å²) in [4.78, 5) is 24.1. The van der Waals surface area contributed by atoms with E-state index in [1.54, 1.807) is 6.07 Å². The molecule has 0 aromatic heterocycles. The van der Waals surface area contributed by atoms with Crippen molar-refractivity contribution in [2.75, 3.05) is 13.6 Å². The quantitative estimate of drug-likeness (QED) is 0.577. The maximum absolute atomic E-state index is 13.5. The van der Waals surface area contributed by atoms with Gasteiger partial charge in [-0.25, -0.2) is 21.9 Å². The second-order valence-electron chi connectivity index (χ2n) is 5.87. The first-order valence-corrected chi connectivity index (χ1v) is 10.2. The van der Waals surface area contributed by atoms with E-state index in [9.17, 15) is 26.8 Å². The molecule has 7 nitrogen and oxygen atoms in total. The number of hydrogen-bond acceptors (Lipinski definition) is 4. The van der Waals surface area contributed by atoms with E-state index in [2.05, 4.69) is 15.4 Å². The molecule has 0 saturated carbocycles. The second-order valence-corrected chi connectivity index (χ2v) is 8.01. The third kappa shape index (κ3) is 5.96. The average Bonchev–Trinajstić information content (AvgIpc) is 2.67. The zero-order chi connectivity index (χ0) is 21.6. The van der Waals surface area contributed by atoms with Crippen LogP contribution in [0.2, 0.25) is 5.02 Å². The lowest BCUT2D eigenvalue weighted by Crippen LogP contribution is -2.40. The molecule has 0 aliphatic heterocycles. The van der Waals surface area contributed by atoms with Crippen molar-refractivity contribution in [1.82, 2.24) is 15.4 Å². The van der Waals surface area contributed by atoms with E-state index >= 15 is 0 Å². The van der Waals surface area contributed by atoms with Crippen LogP contribution in [0.1, 0.15) is 18.0 Å². The highest BCUT2D eigenvalue weighted by Crippen LogP contribution is 2.20. The Kier molecular flexibility index (Phi) is 7.66. The topological polar surface area (TPSA) is 104 Å². The van der Waals surface area contributed by atoms with Crippen LogP contribution in [0.4, 0.5) is 8.78 Å². The van der Waals surface area contributed by atoms with Gasteiger partial charge in [-0.3, -0.25) is 9.59 Å². The maximum atomic E-state index is 13.5. The van der Waals surface area contributed by atoms with Gasteiger partial charge >= 0.3 is 0 Å². The molecule has 0 spiro atoms. The molecule has 0 radical (unpaired) electrons. The molecule has 0 saturated heterocycles. The van der Waals surface area contributed by atoms with Crippen molar-refractivity contribution in [3.8, 4) is 0 Å². The van der Waals surface area contributed by atoms with Gasteiger partial charge in [-0.05, 0) is 29.8 Å². The summed E-state index contributed by atoms with van der Waals surface area (Å²) >= 11 is 5.86. The van der Waals surface area contributed by atoms with Crippen LogP contribution in [0, 0.1) is 11.6 Å². The molecule has 0 aliphatic rings. The summed E-state index contributed by atoms with van der Waals surface area (Å²) in [6.07, 6.45) is -0.305. The summed E-state index contributed by atoms with van der Waals surface area (Å²) in [6.45, 7) is -0.266. The van der Waals surface area contributed by atoms with Crippen molar-refractivity contribution in [3.05, 3.63) is 64.7 Å². The first-order chi connectivity index (χ1) is 13.7. The number of sulfonamides is 1. The van der Waals surface area contributed by atoms with Gasteiger partial charge in [0.2, 0.25) is 21.8 Å². The van der Waals surface area contributed by atoms with E-state index < -0.39 is 39.5 Å². The van der Waals surface area contributed by atoms with Crippen LogP contribution in [-0.4, -0.2) is 33.8 Å². The lowest BCUT2D eigenvalue weighted by Gasteiger charge is -2.18. The fourth-order valence-electron chi connectivity index (χ4n) is 2.41. The molecule has 2 aromatic rings. The van der Waals surface area contributed by atoms with Crippen LogP contribution in [-0.2, 0) is 19.6 Å². The van der Waals surface area contributed by atoms with Gasteiger partial charge in [0, 0.05) is 20.0 Å². The molecule has 0 fully saturated rings. The first kappa shape index (κ1) is 22.7. The Hall–Kier alpha value is -2.56. The Morgan fingerprint density at radius 2 is 1.79 bits per heavy atom. The van der Waals surface area contributed by atoms with Gasteiger partial charge in [-0.2, -0.15) is 0 Å². The third-order valence-electron chi connectivity index (χ3n) is 3.86. The maximum Gasteiger partial charge on any atom is 0.246 e. The van der Waals surface area contributed by atoms with Gasteiger partial charge in [0.1, 0.15) is 10.9 Å². The van der Waals surface area contributed by atoms with Gasteiger partial charge < -0.3 is 10.6 Å². The van der Waals surface area contributed by atoms with E-state index in [0.717, 1.165) is 12.1 Å². The SMILES string of the molecule is CNC(=O)C(NC(=O)CCNS(=O)(=O)c1ccccc1Cl)c1ccc(F)c(F)c1. The number of nitrogens with one attached hydrogen (secondary N) is 3. The van der Waals surface area contributed by atoms with Crippen molar-refractivity contribution in [2.24, 2.45) is 0 Å². The number of rotatable bonds is 8. The van der Waals surface area contributed by atoms with Crippen molar-refractivity contribution < 1.29 is 26.8 Å². The molecular weight excluding hydrogens is 428 g/mol. The molecule has 11 heteroatoms. The van der Waals surface area contributed by atoms with Crippen molar-refractivity contribution in [1.29, 1.82) is 0 Å². The van der Waals surface area contributed by atoms with E-state index in [4.69, 9.17) is 11.6 Å². The van der Waals surface area contributed by atoms with E-state index in [1.165, 1.54) is 31.3 Å². The third-order valence-corrected chi connectivity index (χ3v) is 5.82. The highest BCUT2D eigenvalue weighted by molar-refractivity contribution is 7.89. The number of benzene rings is 2. The minimum atomic E-state index is -3.93. The predicted molar refractivity (Wildman–Crippen MR) is 103 cm³/mol. The molecule has 1 atom stereocenters. The van der Waals surface area contributed by atoms with Gasteiger partial charge in [-0.15, -0.1) is 0 Å². The summed E-state index contributed by atoms with van der Waals surface area (Å²) < 4.78 is 53.3. The number of likely N-dealkylation sites (N-methyl/N-ethyl adjacent to an activating group) is 1. The Bertz CT molecular complexity index is 1020. The van der Waals surface area contributed by atoms with Crippen LogP contribution in [0.25, 0.3) is 0 Å². The summed E-state index contributed by atoms with van der Waals surface area (Å²) in [7, 11) is -2.61. The van der Waals surface area contributed by atoms with E-state index in [0.29, 0.717) is 0 Å². The van der Waals surface area contributed by atoms with E-state index in [-0.39, 0.29) is 28.4 Å². The molecule has 29 heavy (non-hydrogen) atoms. The van der Waals surface area contributed by atoms with Crippen molar-refractivity contribution in [3.63, 3.8) is 0 Å². The van der Waals surface area contributed by atoms with Gasteiger partial charge in [0.05, 0.1) is 5.02 Å². The largest absolute Gasteiger partial charge is 0.357 e. The smallest absolute Gasteiger partial charge is 0.246 e. The van der Waals surface area contributed by atoms with Crippen LogP contribution < -0.4 is 15.4 Å². The number of amides is 2. The average molecular weight is 446 g/mol. The molecule has 0 aliphatic carbocycles. The molecular formula is C18H18ClF2N3O4S. The highest BCUT2D eigenvalue weighted by atomic mass is 35.5. The molecule has 1 unspecified atom stereocenters. The Balaban J connectivity index is 2.02. The molecule has 2 amide bonds. The first-order valence-electron chi connectivity index (χ1n) is 8.36. The van der Waals surface area contributed by atoms with Crippen LogP contribution in [0.5, 0.6) is 0 Å². The zero-order valence-electron chi connectivity index (χ0n) is 15.2. The summed E-state index contributed by atoms with van der Waals surface area (Å²) in [6, 6.07) is 7.34. The molecule has 0 bridgehead atoms. The van der Waals surface area contributed by atoms with E-state index in [1.807, 2.05) is 0 Å². The minimum absolute atomic E-state index is 0.0301. The second kappa shape index (κ2) is 9.77. The molecule has 0 heterocycles. The molecule has 3 N–H and O–H groups in total. The van der Waals surface area contributed by atoms with Crippen LogP contribution in [0.15, 0.2) is 47.4 Å². The lowest BCUT2D eigenvalue weighted by molar-refractivity contribution is -0.128. The lowest BCUT2D eigenvalue weighted by atomic mass is 10.1. The zero-order valence-corrected chi connectivity index (χ0v) is 16.8. The monoisotopic (exact) mass is 445 g/mol. The standard InChI is InChI=1S/C18H18ClF2N3O4S/c1-22-18(26)17(11-6-7-13(20)14(21)10-11)24-16(25)8-9-23-29(27,28)15-5-3-2-4-12(15)19/h2-7,10,17,23H,8-9H2,1H3,(H,22,26)(H,24,25). The normalized spacial score (nSPS) is 12.3. The molecule has 156 valence electrons. The summed E-state index contributed by atoms with van der Waals surface area (Å²) in [5.41, 5.74) is 0.0354. The Labute approximate surface area is 171 Å². The van der Waals surface area contributed by atoms with Crippen molar-refractivity contribution in [2.45, 2.75) is 17.4 Å². The summed E-state index contributed by atoms with van der Waals surface area (Å²) in [5.74, 6) is -3.59. The van der Waals surface area contributed by atoms with Gasteiger partial charge in [0.25, 0.3) is 0 Å². The highest BCUT2D eigenvalue weighted by Gasteiger charge is 2.23. The summed E-state index contributed by atoms with van der Waals surface area (Å²) in [5, 5.41) is 4.71. The number of halogens is 3. The number of hydrogen-bond donors (Lipinski definition) is 3. The van der Waals surface area contributed by atoms with Crippen LogP contribution >= 0.6 is 11.6 Å². The fourth-order valence-corrected chi connectivity index (χ4v) is 3.96. The van der Waals surface area contributed by atoms with Gasteiger partial charge in [0.15, 0.2) is 11.6 Å². The Morgan fingerprint density at radius 3 is 2.41 bits per heavy atom. The van der Waals surface area contributed by atoms with Gasteiger partial charge in [-0.1, -0.05) is 29.8 Å². The predicted octanol–water partition coefficient (Wildman–Crippen LogP) is 1.89. The molecule has 2 rings (SSSR count). The fraction of sp³-hybridized carbons (Fsp3) is 0.222. The minimum Gasteiger partial charge on any atom is -0.357 e. The number of carbonyl (C=O) groups is 2.